The molecule has 8 nitrogen and oxygen atoms in total. The Hall–Kier alpha value is -2.45. The number of para-hydroxylation sites is 1. The van der Waals surface area contributed by atoms with Crippen LogP contribution >= 0.6 is 0 Å². The summed E-state index contributed by atoms with van der Waals surface area (Å²) in [4.78, 5) is 40.8. The molecular formula is C33H44N2O6. The number of amides is 1. The number of hydrogen-bond acceptors (Lipinski definition) is 7. The lowest BCUT2D eigenvalue weighted by atomic mass is 9.40. The molecule has 1 N–H and O–H groups in total. The summed E-state index contributed by atoms with van der Waals surface area (Å²) in [6, 6.07) is 7.88. The number of nitrogens with one attached hydrogen (secondary N) is 1. The van der Waals surface area contributed by atoms with Crippen LogP contribution in [0.25, 0.3) is 0 Å². The number of benzene rings is 1. The second-order valence-corrected chi connectivity index (χ2v) is 15.0. The van der Waals surface area contributed by atoms with Crippen molar-refractivity contribution in [3.63, 3.8) is 0 Å². The van der Waals surface area contributed by atoms with Gasteiger partial charge in [0.05, 0.1) is 17.3 Å². The van der Waals surface area contributed by atoms with Crippen LogP contribution in [0.5, 0.6) is 0 Å². The Bertz CT molecular complexity index is 1340. The van der Waals surface area contributed by atoms with Gasteiger partial charge in [0.2, 0.25) is 5.91 Å². The average Bonchev–Trinajstić information content (AvgIpc) is 3.45. The van der Waals surface area contributed by atoms with E-state index in [2.05, 4.69) is 32.2 Å². The lowest BCUT2D eigenvalue weighted by Gasteiger charge is -2.66. The molecule has 6 aliphatic rings. The molecule has 0 unspecified atom stereocenters. The summed E-state index contributed by atoms with van der Waals surface area (Å²) >= 11 is 0. The van der Waals surface area contributed by atoms with Gasteiger partial charge in [0.25, 0.3) is 0 Å². The summed E-state index contributed by atoms with van der Waals surface area (Å²) < 4.78 is 19.7. The van der Waals surface area contributed by atoms with Crippen LogP contribution in [0.2, 0.25) is 0 Å². The van der Waals surface area contributed by atoms with Gasteiger partial charge in [-0.15, -0.1) is 0 Å². The minimum atomic E-state index is -0.700. The first-order valence-corrected chi connectivity index (χ1v) is 15.5. The molecule has 8 heteroatoms. The third-order valence-corrected chi connectivity index (χ3v) is 12.6. The van der Waals surface area contributed by atoms with Crippen molar-refractivity contribution in [3.05, 3.63) is 29.8 Å². The van der Waals surface area contributed by atoms with Crippen LogP contribution < -0.4 is 10.2 Å². The minimum absolute atomic E-state index is 0.0576. The van der Waals surface area contributed by atoms with Crippen molar-refractivity contribution < 1.29 is 28.6 Å². The number of rotatable bonds is 1. The van der Waals surface area contributed by atoms with E-state index in [-0.39, 0.29) is 59.3 Å². The van der Waals surface area contributed by atoms with Gasteiger partial charge in [0.15, 0.2) is 0 Å². The Labute approximate surface area is 242 Å². The standard InChI is InChI=1S/C33H44N2O6/c1-18-27(38)35-21-11-9-8-10-20(21)33(28(35)34-18)17-24-31(6,41-33)15-12-22-30(5)14-13-26(37)40-29(3,4)23(30)16-25(32(22,24)7)39-19(2)36/h8-11,18,22-25,28,34H,12-17H2,1-7H3/t18-,22+,23-,24+,25-,28-,30+,31-,32+,33-/m0/s1. The number of carbonyl (C=O) groups excluding carboxylic acids is 3. The molecule has 1 amide bonds. The van der Waals surface area contributed by atoms with E-state index >= 15 is 0 Å². The molecule has 0 radical (unpaired) electrons. The number of esters is 2. The van der Waals surface area contributed by atoms with Crippen LogP contribution in [-0.4, -0.2) is 47.4 Å². The molecule has 2 aliphatic carbocycles. The predicted octanol–water partition coefficient (Wildman–Crippen LogP) is 4.83. The van der Waals surface area contributed by atoms with Crippen molar-refractivity contribution in [2.45, 2.75) is 122 Å². The molecular weight excluding hydrogens is 520 g/mol. The lowest BCUT2D eigenvalue weighted by molar-refractivity contribution is -0.248. The van der Waals surface area contributed by atoms with Crippen LogP contribution in [0, 0.1) is 28.6 Å². The van der Waals surface area contributed by atoms with Crippen LogP contribution in [0.3, 0.4) is 0 Å². The fourth-order valence-electron chi connectivity index (χ4n) is 11.0. The van der Waals surface area contributed by atoms with Crippen molar-refractivity contribution in [1.29, 1.82) is 0 Å². The first-order valence-electron chi connectivity index (χ1n) is 15.5. The zero-order valence-electron chi connectivity index (χ0n) is 25.4. The van der Waals surface area contributed by atoms with E-state index in [1.54, 1.807) is 0 Å². The molecule has 222 valence electrons. The van der Waals surface area contributed by atoms with Gasteiger partial charge < -0.3 is 14.2 Å². The van der Waals surface area contributed by atoms with E-state index in [4.69, 9.17) is 14.2 Å². The van der Waals surface area contributed by atoms with Gasteiger partial charge >= 0.3 is 11.9 Å². The monoisotopic (exact) mass is 564 g/mol. The van der Waals surface area contributed by atoms with E-state index < -0.39 is 22.2 Å². The largest absolute Gasteiger partial charge is 0.462 e. The smallest absolute Gasteiger partial charge is 0.306 e. The second kappa shape index (κ2) is 8.34. The number of ether oxygens (including phenoxy) is 3. The van der Waals surface area contributed by atoms with E-state index in [0.717, 1.165) is 36.9 Å². The highest BCUT2D eigenvalue weighted by molar-refractivity contribution is 6.02. The normalized spacial score (nSPS) is 47.5. The van der Waals surface area contributed by atoms with E-state index in [1.807, 2.05) is 43.9 Å². The Morgan fingerprint density at radius 1 is 1.05 bits per heavy atom. The van der Waals surface area contributed by atoms with Crippen LogP contribution in [0.15, 0.2) is 24.3 Å². The van der Waals surface area contributed by atoms with Gasteiger partial charge in [0, 0.05) is 36.2 Å². The van der Waals surface area contributed by atoms with Crippen LogP contribution in [0.1, 0.15) is 92.6 Å². The SMILES string of the molecule is CC(=O)O[C@H]1C[C@H]2C(C)(C)OC(=O)CC[C@]2(C)[C@H]2CC[C@]3(C)O[C@@]4(C[C@H]3[C@]12C)c1ccccc1N1C(=O)[C@H](C)N[C@@H]14. The third kappa shape index (κ3) is 3.38. The first kappa shape index (κ1) is 27.4. The van der Waals surface area contributed by atoms with Crippen molar-refractivity contribution >= 4 is 23.5 Å². The quantitative estimate of drug-likeness (QED) is 0.488. The molecule has 0 aromatic heterocycles. The minimum Gasteiger partial charge on any atom is -0.462 e. The summed E-state index contributed by atoms with van der Waals surface area (Å²) in [5.41, 5.74) is -0.413. The number of cyclic esters (lactones) is 1. The fourth-order valence-corrected chi connectivity index (χ4v) is 11.0. The fraction of sp³-hybridized carbons (Fsp3) is 0.727. The van der Waals surface area contributed by atoms with Gasteiger partial charge in [-0.2, -0.15) is 0 Å². The number of nitrogens with zero attached hydrogens (tertiary/aromatic N) is 1. The van der Waals surface area contributed by atoms with Gasteiger partial charge in [0.1, 0.15) is 23.5 Å². The molecule has 1 spiro atoms. The highest BCUT2D eigenvalue weighted by Gasteiger charge is 2.75. The summed E-state index contributed by atoms with van der Waals surface area (Å²) in [7, 11) is 0. The van der Waals surface area contributed by atoms with Gasteiger partial charge in [-0.25, -0.2) is 0 Å². The molecule has 2 saturated carbocycles. The molecule has 1 aromatic rings. The van der Waals surface area contributed by atoms with Crippen molar-refractivity contribution in [1.82, 2.24) is 5.32 Å². The van der Waals surface area contributed by atoms with E-state index in [9.17, 15) is 14.4 Å². The summed E-state index contributed by atoms with van der Waals surface area (Å²) in [6.45, 7) is 14.4. The molecule has 0 bridgehead atoms. The molecule has 4 heterocycles. The summed E-state index contributed by atoms with van der Waals surface area (Å²) in [5.74, 6) is -0.0234. The highest BCUT2D eigenvalue weighted by atomic mass is 16.6. The maximum atomic E-state index is 13.4. The van der Waals surface area contributed by atoms with Gasteiger partial charge in [-0.3, -0.25) is 24.6 Å². The zero-order valence-corrected chi connectivity index (χ0v) is 25.4. The predicted molar refractivity (Wildman–Crippen MR) is 152 cm³/mol. The molecule has 7 rings (SSSR count). The molecule has 4 aliphatic heterocycles. The first-order chi connectivity index (χ1) is 19.2. The number of hydrogen-bond donors (Lipinski definition) is 1. The highest BCUT2D eigenvalue weighted by Crippen LogP contribution is 2.73. The van der Waals surface area contributed by atoms with E-state index in [1.165, 1.54) is 6.92 Å². The average molecular weight is 565 g/mol. The van der Waals surface area contributed by atoms with Crippen molar-refractivity contribution in [2.24, 2.45) is 28.6 Å². The Morgan fingerprint density at radius 2 is 1.78 bits per heavy atom. The topological polar surface area (TPSA) is 94.2 Å². The third-order valence-electron chi connectivity index (χ3n) is 12.6. The van der Waals surface area contributed by atoms with E-state index in [0.29, 0.717) is 12.8 Å². The molecule has 5 fully saturated rings. The molecule has 10 atom stereocenters. The number of anilines is 1. The maximum absolute atomic E-state index is 13.4. The Kier molecular flexibility index (Phi) is 5.57. The van der Waals surface area contributed by atoms with Crippen molar-refractivity contribution in [2.75, 3.05) is 4.90 Å². The van der Waals surface area contributed by atoms with Crippen LogP contribution in [-0.2, 0) is 34.2 Å². The lowest BCUT2D eigenvalue weighted by Crippen LogP contribution is -2.66. The molecule has 1 aromatic carbocycles. The van der Waals surface area contributed by atoms with Gasteiger partial charge in [-0.1, -0.05) is 32.0 Å². The maximum Gasteiger partial charge on any atom is 0.306 e. The molecule has 41 heavy (non-hydrogen) atoms. The summed E-state index contributed by atoms with van der Waals surface area (Å²) in [5, 5.41) is 3.59. The zero-order chi connectivity index (χ0) is 29.3. The molecule has 3 saturated heterocycles. The Morgan fingerprint density at radius 3 is 2.51 bits per heavy atom. The van der Waals surface area contributed by atoms with Crippen molar-refractivity contribution in [3.8, 4) is 0 Å². The number of fused-ring (bicyclic) bond motifs is 10. The second-order valence-electron chi connectivity index (χ2n) is 15.0. The van der Waals surface area contributed by atoms with Gasteiger partial charge in [-0.05, 0) is 77.2 Å². The summed E-state index contributed by atoms with van der Waals surface area (Å²) in [6.07, 6.45) is 3.67. The van der Waals surface area contributed by atoms with Crippen LogP contribution in [0.4, 0.5) is 5.69 Å². The Balaban J connectivity index is 1.37. The number of carbonyl (C=O) groups is 3.